The average Bonchev–Trinajstić information content (AvgIpc) is 2.36. The predicted octanol–water partition coefficient (Wildman–Crippen LogP) is 3.42. The molecule has 96 valence electrons. The molecule has 0 heterocycles. The largest absolute Gasteiger partial charge is 0.372 e. The summed E-state index contributed by atoms with van der Waals surface area (Å²) < 4.78 is 0. The quantitative estimate of drug-likeness (QED) is 0.777. The van der Waals surface area contributed by atoms with Crippen LogP contribution in [0.3, 0.4) is 0 Å². The van der Waals surface area contributed by atoms with E-state index in [-0.39, 0.29) is 0 Å². The van der Waals surface area contributed by atoms with Gasteiger partial charge < -0.3 is 10.2 Å². The fourth-order valence-corrected chi connectivity index (χ4v) is 2.11. The van der Waals surface area contributed by atoms with E-state index in [2.05, 4.69) is 62.3 Å². The van der Waals surface area contributed by atoms with Crippen LogP contribution >= 0.6 is 0 Å². The van der Waals surface area contributed by atoms with E-state index in [1.54, 1.807) is 0 Å². The van der Waals surface area contributed by atoms with Crippen LogP contribution in [-0.4, -0.2) is 19.6 Å². The molecule has 0 aliphatic rings. The Balaban J connectivity index is 2.80. The first-order valence-electron chi connectivity index (χ1n) is 6.72. The van der Waals surface area contributed by atoms with Gasteiger partial charge in [0.2, 0.25) is 0 Å². The number of para-hydroxylation sites is 1. The molecule has 0 fully saturated rings. The Bertz CT molecular complexity index is 322. The minimum absolute atomic E-state index is 0.600. The van der Waals surface area contributed by atoms with Crippen LogP contribution in [0.25, 0.3) is 0 Å². The van der Waals surface area contributed by atoms with Crippen LogP contribution in [0.5, 0.6) is 0 Å². The Morgan fingerprint density at radius 2 is 1.94 bits per heavy atom. The second-order valence-corrected chi connectivity index (χ2v) is 4.66. The highest BCUT2D eigenvalue weighted by Crippen LogP contribution is 2.22. The third kappa shape index (κ3) is 4.04. The molecular weight excluding hydrogens is 208 g/mol. The molecule has 2 nitrogen and oxygen atoms in total. The van der Waals surface area contributed by atoms with Crippen molar-refractivity contribution >= 4 is 5.69 Å². The van der Waals surface area contributed by atoms with E-state index in [0.29, 0.717) is 6.04 Å². The number of hydrogen-bond acceptors (Lipinski definition) is 2. The molecule has 0 aromatic heterocycles. The molecule has 0 spiro atoms. The topological polar surface area (TPSA) is 15.3 Å². The Labute approximate surface area is 106 Å². The van der Waals surface area contributed by atoms with Crippen LogP contribution in [-0.2, 0) is 6.54 Å². The number of nitrogens with one attached hydrogen (secondary N) is 1. The van der Waals surface area contributed by atoms with Gasteiger partial charge in [0.15, 0.2) is 0 Å². The van der Waals surface area contributed by atoms with Gasteiger partial charge in [0, 0.05) is 25.3 Å². The van der Waals surface area contributed by atoms with Gasteiger partial charge in [-0.25, -0.2) is 0 Å². The lowest BCUT2D eigenvalue weighted by molar-refractivity contribution is 0.612. The van der Waals surface area contributed by atoms with Crippen molar-refractivity contribution in [1.82, 2.24) is 5.32 Å². The van der Waals surface area contributed by atoms with Crippen molar-refractivity contribution in [3.8, 4) is 0 Å². The maximum Gasteiger partial charge on any atom is 0.0411 e. The van der Waals surface area contributed by atoms with E-state index in [1.165, 1.54) is 24.1 Å². The zero-order chi connectivity index (χ0) is 12.7. The van der Waals surface area contributed by atoms with Crippen molar-refractivity contribution < 1.29 is 0 Å². The Morgan fingerprint density at radius 3 is 2.59 bits per heavy atom. The highest BCUT2D eigenvalue weighted by Gasteiger charge is 2.11. The van der Waals surface area contributed by atoms with Gasteiger partial charge in [0.1, 0.15) is 0 Å². The van der Waals surface area contributed by atoms with Crippen molar-refractivity contribution in [3.63, 3.8) is 0 Å². The molecule has 0 saturated carbocycles. The summed E-state index contributed by atoms with van der Waals surface area (Å²) in [6.07, 6.45) is 2.48. The summed E-state index contributed by atoms with van der Waals surface area (Å²) in [5.74, 6) is 0. The fraction of sp³-hybridized carbons (Fsp3) is 0.600. The first-order valence-corrected chi connectivity index (χ1v) is 6.72. The lowest BCUT2D eigenvalue weighted by atomic mass is 10.1. The average molecular weight is 234 g/mol. The van der Waals surface area contributed by atoms with Crippen molar-refractivity contribution in [2.45, 2.75) is 46.2 Å². The van der Waals surface area contributed by atoms with E-state index in [1.807, 2.05) is 0 Å². The third-order valence-electron chi connectivity index (χ3n) is 3.30. The van der Waals surface area contributed by atoms with Gasteiger partial charge in [-0.3, -0.25) is 0 Å². The van der Waals surface area contributed by atoms with Gasteiger partial charge in [0.05, 0.1) is 0 Å². The lowest BCUT2D eigenvalue weighted by Gasteiger charge is -2.29. The molecule has 17 heavy (non-hydrogen) atoms. The molecule has 0 amide bonds. The summed E-state index contributed by atoms with van der Waals surface area (Å²) in [7, 11) is 2.20. The van der Waals surface area contributed by atoms with Crippen molar-refractivity contribution in [2.24, 2.45) is 0 Å². The summed E-state index contributed by atoms with van der Waals surface area (Å²) in [4.78, 5) is 2.40. The zero-order valence-corrected chi connectivity index (χ0v) is 11.7. The van der Waals surface area contributed by atoms with Crippen LogP contribution in [0, 0.1) is 0 Å². The molecule has 0 bridgehead atoms. The third-order valence-corrected chi connectivity index (χ3v) is 3.30. The van der Waals surface area contributed by atoms with Crippen molar-refractivity contribution in [2.75, 3.05) is 18.5 Å². The lowest BCUT2D eigenvalue weighted by Crippen LogP contribution is -2.30. The minimum atomic E-state index is 0.600. The SMILES string of the molecule is CCCC(C)N(C)c1ccccc1CNCC. The smallest absolute Gasteiger partial charge is 0.0411 e. The standard InChI is InChI=1S/C15H26N2/c1-5-9-13(3)17(4)15-11-8-7-10-14(15)12-16-6-2/h7-8,10-11,13,16H,5-6,9,12H2,1-4H3. The van der Waals surface area contributed by atoms with E-state index in [9.17, 15) is 0 Å². The molecule has 2 heteroatoms. The van der Waals surface area contributed by atoms with Crippen LogP contribution < -0.4 is 10.2 Å². The maximum absolute atomic E-state index is 3.40. The Kier molecular flexibility index (Phi) is 6.06. The molecule has 1 N–H and O–H groups in total. The summed E-state index contributed by atoms with van der Waals surface area (Å²) in [6.45, 7) is 8.66. The molecule has 0 aliphatic heterocycles. The molecule has 1 aromatic rings. The molecule has 0 aliphatic carbocycles. The van der Waals surface area contributed by atoms with Gasteiger partial charge >= 0.3 is 0 Å². The van der Waals surface area contributed by atoms with E-state index >= 15 is 0 Å². The number of hydrogen-bond donors (Lipinski definition) is 1. The van der Waals surface area contributed by atoms with Gasteiger partial charge in [-0.15, -0.1) is 0 Å². The van der Waals surface area contributed by atoms with Gasteiger partial charge in [-0.1, -0.05) is 38.5 Å². The molecular formula is C15H26N2. The molecule has 1 unspecified atom stereocenters. The maximum atomic E-state index is 3.40. The first-order chi connectivity index (χ1) is 8.20. The number of rotatable bonds is 7. The molecule has 1 atom stereocenters. The normalized spacial score (nSPS) is 12.5. The second-order valence-electron chi connectivity index (χ2n) is 4.66. The van der Waals surface area contributed by atoms with Crippen molar-refractivity contribution in [3.05, 3.63) is 29.8 Å². The summed E-state index contributed by atoms with van der Waals surface area (Å²) in [5.41, 5.74) is 2.74. The summed E-state index contributed by atoms with van der Waals surface area (Å²) in [6, 6.07) is 9.28. The summed E-state index contributed by atoms with van der Waals surface area (Å²) >= 11 is 0. The van der Waals surface area contributed by atoms with Crippen LogP contribution in [0.1, 0.15) is 39.2 Å². The van der Waals surface area contributed by atoms with Crippen molar-refractivity contribution in [1.29, 1.82) is 0 Å². The highest BCUT2D eigenvalue weighted by molar-refractivity contribution is 5.53. The van der Waals surface area contributed by atoms with Gasteiger partial charge in [0.25, 0.3) is 0 Å². The van der Waals surface area contributed by atoms with Gasteiger partial charge in [-0.05, 0) is 31.5 Å². The van der Waals surface area contributed by atoms with E-state index in [0.717, 1.165) is 13.1 Å². The van der Waals surface area contributed by atoms with Crippen LogP contribution in [0.4, 0.5) is 5.69 Å². The van der Waals surface area contributed by atoms with Crippen LogP contribution in [0.15, 0.2) is 24.3 Å². The predicted molar refractivity (Wildman–Crippen MR) is 76.6 cm³/mol. The second kappa shape index (κ2) is 7.33. The number of anilines is 1. The summed E-state index contributed by atoms with van der Waals surface area (Å²) in [5, 5.41) is 3.40. The highest BCUT2D eigenvalue weighted by atomic mass is 15.1. The monoisotopic (exact) mass is 234 g/mol. The number of benzene rings is 1. The van der Waals surface area contributed by atoms with E-state index < -0.39 is 0 Å². The van der Waals surface area contributed by atoms with E-state index in [4.69, 9.17) is 0 Å². The first kappa shape index (κ1) is 14.0. The minimum Gasteiger partial charge on any atom is -0.372 e. The van der Waals surface area contributed by atoms with Gasteiger partial charge in [-0.2, -0.15) is 0 Å². The Morgan fingerprint density at radius 1 is 1.24 bits per heavy atom. The van der Waals surface area contributed by atoms with Crippen LogP contribution in [0.2, 0.25) is 0 Å². The Hall–Kier alpha value is -1.02. The molecule has 1 aromatic carbocycles. The fourth-order valence-electron chi connectivity index (χ4n) is 2.11. The molecule has 1 rings (SSSR count). The zero-order valence-electron chi connectivity index (χ0n) is 11.7. The number of nitrogens with zero attached hydrogens (tertiary/aromatic N) is 1. The molecule has 0 radical (unpaired) electrons. The molecule has 0 saturated heterocycles.